The van der Waals surface area contributed by atoms with Crippen LogP contribution in [0.5, 0.6) is 0 Å². The summed E-state index contributed by atoms with van der Waals surface area (Å²) in [6.07, 6.45) is 10.8. The summed E-state index contributed by atoms with van der Waals surface area (Å²) in [5.74, 6) is 3.31. The van der Waals surface area contributed by atoms with Gasteiger partial charge in [0.2, 0.25) is 0 Å². The Kier molecular flexibility index (Phi) is 2.20. The number of rotatable bonds is 0. The topological polar surface area (TPSA) is 0 Å². The normalized spacial score (nSPS) is 45.0. The Labute approximate surface area is 70.4 Å². The van der Waals surface area contributed by atoms with Crippen molar-refractivity contribution in [2.45, 2.75) is 51.9 Å². The van der Waals surface area contributed by atoms with Crippen LogP contribution in [0.3, 0.4) is 0 Å². The number of fused-ring (bicyclic) bond motifs is 1. The Morgan fingerprint density at radius 1 is 0.818 bits per heavy atom. The van der Waals surface area contributed by atoms with E-state index in [-0.39, 0.29) is 0 Å². The zero-order valence-electron chi connectivity index (χ0n) is 7.68. The predicted molar refractivity (Wildman–Crippen MR) is 48.5 cm³/mol. The maximum atomic E-state index is 2.44. The highest BCUT2D eigenvalue weighted by Gasteiger charge is 2.29. The van der Waals surface area contributed by atoms with Crippen LogP contribution in [0.25, 0.3) is 0 Å². The third kappa shape index (κ3) is 1.60. The SMILES string of the molecule is C[C@H]1CC[C@@H]2CCCC[C@H]2C1. The molecule has 64 valence electrons. The molecule has 0 saturated heterocycles. The third-order valence-electron chi connectivity index (χ3n) is 3.80. The van der Waals surface area contributed by atoms with E-state index in [1.54, 1.807) is 25.7 Å². The van der Waals surface area contributed by atoms with Crippen molar-refractivity contribution < 1.29 is 0 Å². The summed E-state index contributed by atoms with van der Waals surface area (Å²) in [5, 5.41) is 0. The second-order valence-electron chi connectivity index (χ2n) is 4.72. The lowest BCUT2D eigenvalue weighted by Gasteiger charge is -2.38. The first-order valence-corrected chi connectivity index (χ1v) is 5.36. The zero-order chi connectivity index (χ0) is 7.68. The van der Waals surface area contributed by atoms with Crippen molar-refractivity contribution in [3.63, 3.8) is 0 Å². The zero-order valence-corrected chi connectivity index (χ0v) is 7.68. The summed E-state index contributed by atoms with van der Waals surface area (Å²) >= 11 is 0. The molecule has 0 aromatic rings. The fourth-order valence-electron chi connectivity index (χ4n) is 3.11. The Morgan fingerprint density at radius 3 is 2.36 bits per heavy atom. The smallest absolute Gasteiger partial charge is 0.0383 e. The molecule has 0 aromatic carbocycles. The molecule has 0 amide bonds. The molecule has 0 spiro atoms. The van der Waals surface area contributed by atoms with Crippen LogP contribution in [0.1, 0.15) is 51.9 Å². The van der Waals surface area contributed by atoms with Gasteiger partial charge in [-0.3, -0.25) is 0 Å². The Bertz CT molecular complexity index is 128. The molecule has 0 nitrogen and oxygen atoms in total. The number of hydrogen-bond donors (Lipinski definition) is 0. The van der Waals surface area contributed by atoms with E-state index in [0.29, 0.717) is 0 Å². The van der Waals surface area contributed by atoms with Gasteiger partial charge in [0.25, 0.3) is 0 Å². The lowest BCUT2D eigenvalue weighted by molar-refractivity contribution is 0.137. The largest absolute Gasteiger partial charge is 0.0625 e. The van der Waals surface area contributed by atoms with Crippen LogP contribution in [0.15, 0.2) is 0 Å². The Hall–Kier alpha value is 0. The molecule has 0 unspecified atom stereocenters. The molecular formula is C11H20. The van der Waals surface area contributed by atoms with Crippen molar-refractivity contribution in [2.75, 3.05) is 0 Å². The van der Waals surface area contributed by atoms with Gasteiger partial charge in [-0.25, -0.2) is 0 Å². The van der Waals surface area contributed by atoms with Crippen molar-refractivity contribution >= 4 is 0 Å². The van der Waals surface area contributed by atoms with E-state index >= 15 is 0 Å². The maximum Gasteiger partial charge on any atom is -0.0383 e. The van der Waals surface area contributed by atoms with Crippen LogP contribution >= 0.6 is 0 Å². The van der Waals surface area contributed by atoms with Gasteiger partial charge >= 0.3 is 0 Å². The second-order valence-corrected chi connectivity index (χ2v) is 4.72. The van der Waals surface area contributed by atoms with E-state index in [1.165, 1.54) is 19.3 Å². The predicted octanol–water partition coefficient (Wildman–Crippen LogP) is 3.61. The van der Waals surface area contributed by atoms with E-state index in [9.17, 15) is 0 Å². The first-order valence-electron chi connectivity index (χ1n) is 5.36. The van der Waals surface area contributed by atoms with Crippen molar-refractivity contribution in [3.05, 3.63) is 0 Å². The van der Waals surface area contributed by atoms with Crippen LogP contribution in [0.2, 0.25) is 0 Å². The van der Waals surface area contributed by atoms with Crippen LogP contribution in [-0.4, -0.2) is 0 Å². The van der Waals surface area contributed by atoms with Gasteiger partial charge in [0.05, 0.1) is 0 Å². The Morgan fingerprint density at radius 2 is 1.55 bits per heavy atom. The molecule has 11 heavy (non-hydrogen) atoms. The van der Waals surface area contributed by atoms with Gasteiger partial charge in [-0.05, 0) is 30.6 Å². The van der Waals surface area contributed by atoms with Crippen molar-refractivity contribution in [2.24, 2.45) is 17.8 Å². The first kappa shape index (κ1) is 7.64. The fraction of sp³-hybridized carbons (Fsp3) is 1.00. The summed E-state index contributed by atoms with van der Waals surface area (Å²) in [6.45, 7) is 2.44. The van der Waals surface area contributed by atoms with Gasteiger partial charge in [-0.2, -0.15) is 0 Å². The highest BCUT2D eigenvalue weighted by molar-refractivity contribution is 4.81. The molecule has 0 aliphatic heterocycles. The minimum Gasteiger partial charge on any atom is -0.0625 e. The average Bonchev–Trinajstić information content (AvgIpc) is 2.04. The fourth-order valence-corrected chi connectivity index (χ4v) is 3.11. The minimum absolute atomic E-state index is 1.04. The average molecular weight is 152 g/mol. The summed E-state index contributed by atoms with van der Waals surface area (Å²) in [5.41, 5.74) is 0. The minimum atomic E-state index is 1.04. The van der Waals surface area contributed by atoms with Crippen molar-refractivity contribution in [1.82, 2.24) is 0 Å². The molecule has 2 rings (SSSR count). The summed E-state index contributed by atoms with van der Waals surface area (Å²) in [7, 11) is 0. The Balaban J connectivity index is 1.93. The van der Waals surface area contributed by atoms with Gasteiger partial charge < -0.3 is 0 Å². The van der Waals surface area contributed by atoms with Crippen LogP contribution in [0, 0.1) is 17.8 Å². The molecule has 2 saturated carbocycles. The first-order chi connectivity index (χ1) is 5.36. The molecule has 0 N–H and O–H groups in total. The van der Waals surface area contributed by atoms with Crippen LogP contribution in [-0.2, 0) is 0 Å². The van der Waals surface area contributed by atoms with E-state index in [1.807, 2.05) is 0 Å². The van der Waals surface area contributed by atoms with Gasteiger partial charge in [0, 0.05) is 0 Å². The molecule has 0 heterocycles. The van der Waals surface area contributed by atoms with Crippen molar-refractivity contribution in [1.29, 1.82) is 0 Å². The highest BCUT2D eigenvalue weighted by Crippen LogP contribution is 2.42. The summed E-state index contributed by atoms with van der Waals surface area (Å²) in [4.78, 5) is 0. The highest BCUT2D eigenvalue weighted by atomic mass is 14.4. The van der Waals surface area contributed by atoms with Crippen LogP contribution < -0.4 is 0 Å². The molecule has 2 aliphatic rings. The summed E-state index contributed by atoms with van der Waals surface area (Å²) in [6, 6.07) is 0. The van der Waals surface area contributed by atoms with Gasteiger partial charge in [0.1, 0.15) is 0 Å². The van der Waals surface area contributed by atoms with E-state index < -0.39 is 0 Å². The molecule has 3 atom stereocenters. The molecule has 0 aromatic heterocycles. The monoisotopic (exact) mass is 152 g/mol. The standard InChI is InChI=1S/C11H20/c1-9-6-7-10-4-2-3-5-11(10)8-9/h9-11H,2-8H2,1H3/t9-,10-,11-/m0/s1. The quantitative estimate of drug-likeness (QED) is 0.497. The van der Waals surface area contributed by atoms with E-state index in [4.69, 9.17) is 0 Å². The molecule has 0 radical (unpaired) electrons. The van der Waals surface area contributed by atoms with E-state index in [0.717, 1.165) is 17.8 Å². The lowest BCUT2D eigenvalue weighted by Crippen LogP contribution is -2.26. The third-order valence-corrected chi connectivity index (χ3v) is 3.80. The van der Waals surface area contributed by atoms with Crippen LogP contribution in [0.4, 0.5) is 0 Å². The number of hydrogen-bond acceptors (Lipinski definition) is 0. The van der Waals surface area contributed by atoms with E-state index in [2.05, 4.69) is 6.92 Å². The summed E-state index contributed by atoms with van der Waals surface area (Å²) < 4.78 is 0. The van der Waals surface area contributed by atoms with Crippen molar-refractivity contribution in [3.8, 4) is 0 Å². The molecule has 2 aliphatic carbocycles. The van der Waals surface area contributed by atoms with Gasteiger partial charge in [-0.1, -0.05) is 39.0 Å². The molecule has 0 bridgehead atoms. The molecular weight excluding hydrogens is 132 g/mol. The van der Waals surface area contributed by atoms with Gasteiger partial charge in [-0.15, -0.1) is 0 Å². The van der Waals surface area contributed by atoms with Gasteiger partial charge in [0.15, 0.2) is 0 Å². The molecule has 2 fully saturated rings. The molecule has 0 heteroatoms. The maximum absolute atomic E-state index is 2.44. The second kappa shape index (κ2) is 3.16. The lowest BCUT2D eigenvalue weighted by atomic mass is 9.68.